The van der Waals surface area contributed by atoms with E-state index < -0.39 is 33.8 Å². The summed E-state index contributed by atoms with van der Waals surface area (Å²) in [6.45, 7) is 0.236. The van der Waals surface area contributed by atoms with Gasteiger partial charge in [0, 0.05) is 12.1 Å². The van der Waals surface area contributed by atoms with Crippen LogP contribution in [0, 0.1) is 0 Å². The molecule has 1 aliphatic heterocycles. The zero-order valence-electron chi connectivity index (χ0n) is 14.0. The van der Waals surface area contributed by atoms with Crippen LogP contribution < -0.4 is 10.6 Å². The molecule has 1 atom stereocenters. The van der Waals surface area contributed by atoms with Crippen molar-refractivity contribution in [1.82, 2.24) is 5.32 Å². The molecule has 3 rings (SSSR count). The van der Waals surface area contributed by atoms with Crippen molar-refractivity contribution in [3.63, 3.8) is 0 Å². The van der Waals surface area contributed by atoms with Gasteiger partial charge in [0.05, 0.1) is 23.4 Å². The molecule has 0 saturated carbocycles. The number of carbonyl (C=O) groups excluding carboxylic acids is 2. The number of halogens is 4. The Morgan fingerprint density at radius 2 is 2.14 bits per heavy atom. The predicted octanol–water partition coefficient (Wildman–Crippen LogP) is 4.07. The number of carbonyl (C=O) groups is 2. The van der Waals surface area contributed by atoms with Crippen molar-refractivity contribution < 1.29 is 27.2 Å². The Kier molecular flexibility index (Phi) is 5.99. The quantitative estimate of drug-likeness (QED) is 0.747. The molecule has 148 valence electrons. The molecule has 2 amide bonds. The summed E-state index contributed by atoms with van der Waals surface area (Å²) in [7, 11) is 0. The Labute approximate surface area is 166 Å². The van der Waals surface area contributed by atoms with Gasteiger partial charge in [0.15, 0.2) is 5.17 Å². The Morgan fingerprint density at radius 1 is 1.36 bits per heavy atom. The Bertz CT molecular complexity index is 916. The van der Waals surface area contributed by atoms with E-state index in [4.69, 9.17) is 16.0 Å². The monoisotopic (exact) mass is 431 g/mol. The molecular formula is C17H13ClF3N3O3S. The first-order chi connectivity index (χ1) is 13.2. The molecule has 2 N–H and O–H groups in total. The van der Waals surface area contributed by atoms with Crippen LogP contribution in [0.4, 0.5) is 18.9 Å². The van der Waals surface area contributed by atoms with Gasteiger partial charge in [-0.3, -0.25) is 14.6 Å². The molecule has 6 nitrogen and oxygen atoms in total. The second kappa shape index (κ2) is 8.27. The molecule has 28 heavy (non-hydrogen) atoms. The van der Waals surface area contributed by atoms with Gasteiger partial charge in [-0.1, -0.05) is 23.4 Å². The topological polar surface area (TPSA) is 83.7 Å². The van der Waals surface area contributed by atoms with Crippen molar-refractivity contribution in [3.05, 3.63) is 52.9 Å². The van der Waals surface area contributed by atoms with E-state index in [-0.39, 0.29) is 18.7 Å². The maximum Gasteiger partial charge on any atom is 0.417 e. The second-order valence-electron chi connectivity index (χ2n) is 5.74. The van der Waals surface area contributed by atoms with Crippen molar-refractivity contribution in [2.24, 2.45) is 4.99 Å². The highest BCUT2D eigenvalue weighted by atomic mass is 35.5. The van der Waals surface area contributed by atoms with E-state index in [9.17, 15) is 22.8 Å². The van der Waals surface area contributed by atoms with Crippen molar-refractivity contribution in [2.75, 3.05) is 5.32 Å². The molecule has 0 bridgehead atoms. The third-order valence-corrected chi connectivity index (χ3v) is 5.11. The summed E-state index contributed by atoms with van der Waals surface area (Å²) in [5.74, 6) is -0.382. The molecule has 0 unspecified atom stereocenters. The Balaban J connectivity index is 1.59. The number of anilines is 1. The van der Waals surface area contributed by atoms with E-state index in [1.165, 1.54) is 12.3 Å². The van der Waals surface area contributed by atoms with E-state index in [0.717, 1.165) is 23.9 Å². The Hall–Kier alpha value is -2.46. The van der Waals surface area contributed by atoms with Gasteiger partial charge in [-0.15, -0.1) is 0 Å². The van der Waals surface area contributed by atoms with Crippen molar-refractivity contribution >= 4 is 46.0 Å². The number of thioether (sulfide) groups is 1. The molecule has 1 fully saturated rings. The van der Waals surface area contributed by atoms with Crippen LogP contribution in [0.1, 0.15) is 17.7 Å². The second-order valence-corrected chi connectivity index (χ2v) is 7.34. The van der Waals surface area contributed by atoms with E-state index in [1.54, 1.807) is 12.1 Å². The normalized spacial score (nSPS) is 18.4. The molecule has 1 saturated heterocycles. The molecule has 0 aliphatic carbocycles. The van der Waals surface area contributed by atoms with Crippen LogP contribution in [-0.4, -0.2) is 22.2 Å². The largest absolute Gasteiger partial charge is 0.467 e. The summed E-state index contributed by atoms with van der Waals surface area (Å²) in [6.07, 6.45) is -3.36. The zero-order chi connectivity index (χ0) is 20.3. The molecule has 1 aromatic heterocycles. The van der Waals surface area contributed by atoms with Crippen molar-refractivity contribution in [2.45, 2.75) is 24.4 Å². The first kappa shape index (κ1) is 20.3. The lowest BCUT2D eigenvalue weighted by atomic mass is 10.2. The maximum absolute atomic E-state index is 12.9. The van der Waals surface area contributed by atoms with Gasteiger partial charge in [-0.2, -0.15) is 13.2 Å². The summed E-state index contributed by atoms with van der Waals surface area (Å²) < 4.78 is 43.8. The number of alkyl halides is 3. The number of nitrogens with zero attached hydrogens (tertiary/aromatic N) is 1. The van der Waals surface area contributed by atoms with Gasteiger partial charge in [0.2, 0.25) is 11.8 Å². The molecular weight excluding hydrogens is 419 g/mol. The van der Waals surface area contributed by atoms with Crippen LogP contribution in [0.3, 0.4) is 0 Å². The average Bonchev–Trinajstić information content (AvgIpc) is 3.24. The van der Waals surface area contributed by atoms with E-state index in [0.29, 0.717) is 10.9 Å². The number of hydrogen-bond donors (Lipinski definition) is 2. The summed E-state index contributed by atoms with van der Waals surface area (Å²) in [6, 6.07) is 6.50. The lowest BCUT2D eigenvalue weighted by Crippen LogP contribution is -2.28. The average molecular weight is 432 g/mol. The van der Waals surface area contributed by atoms with Crippen LogP contribution >= 0.6 is 23.4 Å². The fourth-order valence-corrected chi connectivity index (χ4v) is 3.56. The van der Waals surface area contributed by atoms with Crippen LogP contribution in [-0.2, 0) is 22.3 Å². The summed E-state index contributed by atoms with van der Waals surface area (Å²) in [4.78, 5) is 28.3. The molecule has 1 aliphatic rings. The number of furan rings is 1. The van der Waals surface area contributed by atoms with Crippen LogP contribution in [0.25, 0.3) is 0 Å². The van der Waals surface area contributed by atoms with Gasteiger partial charge in [-0.05, 0) is 30.3 Å². The summed E-state index contributed by atoms with van der Waals surface area (Å²) in [5.41, 5.74) is -1.11. The van der Waals surface area contributed by atoms with Crippen molar-refractivity contribution in [3.8, 4) is 0 Å². The van der Waals surface area contributed by atoms with Crippen molar-refractivity contribution in [1.29, 1.82) is 0 Å². The minimum atomic E-state index is -4.64. The highest BCUT2D eigenvalue weighted by Gasteiger charge is 2.34. The van der Waals surface area contributed by atoms with E-state index in [2.05, 4.69) is 15.6 Å². The first-order valence-corrected chi connectivity index (χ1v) is 9.19. The fraction of sp³-hybridized carbons (Fsp3) is 0.235. The number of amides is 2. The van der Waals surface area contributed by atoms with Gasteiger partial charge >= 0.3 is 6.18 Å². The third-order valence-electron chi connectivity index (χ3n) is 3.66. The number of amidine groups is 1. The first-order valence-electron chi connectivity index (χ1n) is 7.93. The van der Waals surface area contributed by atoms with E-state index in [1.807, 2.05) is 0 Å². The molecule has 11 heteroatoms. The maximum atomic E-state index is 12.9. The molecule has 1 aromatic carbocycles. The Morgan fingerprint density at radius 3 is 2.82 bits per heavy atom. The molecule has 2 heterocycles. The smallest absolute Gasteiger partial charge is 0.417 e. The number of rotatable bonds is 5. The summed E-state index contributed by atoms with van der Waals surface area (Å²) >= 11 is 6.62. The summed E-state index contributed by atoms with van der Waals surface area (Å²) in [5, 5.41) is 4.07. The standard InChI is InChI=1S/C17H13ClF3N3O3S/c18-12-4-3-9(6-11(12)17(19,20)21)23-14(25)7-13-15(26)24-16(28-13)22-8-10-2-1-5-27-10/h1-6,13H,7-8H2,(H,23,25)(H,22,24,26)/t13-/m1/s1. The number of nitrogens with one attached hydrogen (secondary N) is 2. The molecule has 0 radical (unpaired) electrons. The van der Waals surface area contributed by atoms with Crippen LogP contribution in [0.15, 0.2) is 46.0 Å². The minimum absolute atomic E-state index is 0.0585. The lowest BCUT2D eigenvalue weighted by molar-refractivity contribution is -0.137. The van der Waals surface area contributed by atoms with Crippen LogP contribution in [0.2, 0.25) is 5.02 Å². The SMILES string of the molecule is O=C(C[C@H]1SC(=NCc2ccco2)NC1=O)Nc1ccc(Cl)c(C(F)(F)F)c1. The van der Waals surface area contributed by atoms with Gasteiger partial charge in [0.1, 0.15) is 11.0 Å². The fourth-order valence-electron chi connectivity index (χ4n) is 2.37. The van der Waals surface area contributed by atoms with Gasteiger partial charge in [-0.25, -0.2) is 0 Å². The zero-order valence-corrected chi connectivity index (χ0v) is 15.6. The van der Waals surface area contributed by atoms with Gasteiger partial charge in [0.25, 0.3) is 0 Å². The minimum Gasteiger partial charge on any atom is -0.467 e. The molecule has 2 aromatic rings. The lowest BCUT2D eigenvalue weighted by Gasteiger charge is -2.12. The molecule has 0 spiro atoms. The highest BCUT2D eigenvalue weighted by molar-refractivity contribution is 8.15. The third kappa shape index (κ3) is 5.08. The van der Waals surface area contributed by atoms with Crippen LogP contribution in [0.5, 0.6) is 0 Å². The number of hydrogen-bond acceptors (Lipinski definition) is 5. The predicted molar refractivity (Wildman–Crippen MR) is 99.1 cm³/mol. The van der Waals surface area contributed by atoms with Gasteiger partial charge < -0.3 is 15.1 Å². The number of benzene rings is 1. The van der Waals surface area contributed by atoms with E-state index >= 15 is 0 Å². The number of aliphatic imine (C=N–C) groups is 1. The highest BCUT2D eigenvalue weighted by Crippen LogP contribution is 2.36.